The molecule has 0 atom stereocenters. The molecule has 1 aromatic rings. The molecule has 0 aromatic heterocycles. The smallest absolute Gasteiger partial charge is 0.261 e. The second-order valence-corrected chi connectivity index (χ2v) is 5.89. The summed E-state index contributed by atoms with van der Waals surface area (Å²) in [5.74, 6) is 0.492. The predicted octanol–water partition coefficient (Wildman–Crippen LogP) is 3.96. The van der Waals surface area contributed by atoms with Gasteiger partial charge in [0.15, 0.2) is 11.5 Å². The van der Waals surface area contributed by atoms with Crippen LogP contribution in [0.1, 0.15) is 39.2 Å². The van der Waals surface area contributed by atoms with Gasteiger partial charge in [0.05, 0.1) is 18.2 Å². The Morgan fingerprint density at radius 1 is 1.46 bits per heavy atom. The van der Waals surface area contributed by atoms with Gasteiger partial charge in [0.25, 0.3) is 5.91 Å². The molecule has 1 rings (SSSR count). The number of ether oxygens (including phenoxy) is 2. The first kappa shape index (κ1) is 19.9. The molecule has 0 saturated carbocycles. The number of rotatable bonds is 8. The van der Waals surface area contributed by atoms with Crippen LogP contribution in [0.5, 0.6) is 11.5 Å². The lowest BCUT2D eigenvalue weighted by Gasteiger charge is -2.15. The standard InChI is InChI=1S/C18H23ClN2O3/c1-5-6-7-21-18(22)14(11-20)8-13-9-15(19)17(24-12(2)3)16(10-13)23-4/h8-10,12H,5-7H2,1-4H3,(H,21,22)/b14-8+. The predicted molar refractivity (Wildman–Crippen MR) is 95.3 cm³/mol. The van der Waals surface area contributed by atoms with Crippen molar-refractivity contribution in [2.24, 2.45) is 0 Å². The molecule has 130 valence electrons. The second-order valence-electron chi connectivity index (χ2n) is 5.48. The molecule has 0 fully saturated rings. The highest BCUT2D eigenvalue weighted by molar-refractivity contribution is 6.32. The molecule has 0 spiro atoms. The molecule has 0 saturated heterocycles. The second kappa shape index (κ2) is 9.84. The highest BCUT2D eigenvalue weighted by Gasteiger charge is 2.14. The molecule has 0 aliphatic heterocycles. The normalized spacial score (nSPS) is 11.1. The average molecular weight is 351 g/mol. The first-order valence-electron chi connectivity index (χ1n) is 7.87. The number of carbonyl (C=O) groups is 1. The summed E-state index contributed by atoms with van der Waals surface area (Å²) in [6.45, 7) is 6.35. The third kappa shape index (κ3) is 5.78. The summed E-state index contributed by atoms with van der Waals surface area (Å²) in [7, 11) is 1.51. The van der Waals surface area contributed by atoms with Crippen molar-refractivity contribution in [1.82, 2.24) is 5.32 Å². The maximum Gasteiger partial charge on any atom is 0.261 e. The minimum Gasteiger partial charge on any atom is -0.493 e. The Hall–Kier alpha value is -2.19. The van der Waals surface area contributed by atoms with Crippen LogP contribution in [0.15, 0.2) is 17.7 Å². The zero-order valence-electron chi connectivity index (χ0n) is 14.5. The molecular weight excluding hydrogens is 328 g/mol. The first-order valence-corrected chi connectivity index (χ1v) is 8.24. The van der Waals surface area contributed by atoms with Crippen LogP contribution in [0.2, 0.25) is 5.02 Å². The summed E-state index contributed by atoms with van der Waals surface area (Å²) in [6, 6.07) is 5.23. The van der Waals surface area contributed by atoms with Crippen molar-refractivity contribution < 1.29 is 14.3 Å². The molecule has 0 radical (unpaired) electrons. The van der Waals surface area contributed by atoms with Crippen molar-refractivity contribution in [2.45, 2.75) is 39.7 Å². The van der Waals surface area contributed by atoms with E-state index in [-0.39, 0.29) is 11.7 Å². The maximum atomic E-state index is 12.0. The van der Waals surface area contributed by atoms with Crippen molar-refractivity contribution in [3.8, 4) is 17.6 Å². The van der Waals surface area contributed by atoms with E-state index in [1.165, 1.54) is 13.2 Å². The number of unbranched alkanes of at least 4 members (excludes halogenated alkanes) is 1. The van der Waals surface area contributed by atoms with E-state index in [2.05, 4.69) is 5.32 Å². The van der Waals surface area contributed by atoms with Crippen LogP contribution in [0, 0.1) is 11.3 Å². The fourth-order valence-electron chi connectivity index (χ4n) is 1.96. The lowest BCUT2D eigenvalue weighted by Crippen LogP contribution is -2.25. The largest absolute Gasteiger partial charge is 0.493 e. The quantitative estimate of drug-likeness (QED) is 0.437. The van der Waals surface area contributed by atoms with Crippen molar-refractivity contribution in [3.63, 3.8) is 0 Å². The molecule has 0 aliphatic rings. The van der Waals surface area contributed by atoms with E-state index >= 15 is 0 Å². The van der Waals surface area contributed by atoms with Gasteiger partial charge in [-0.05, 0) is 44.0 Å². The zero-order valence-corrected chi connectivity index (χ0v) is 15.2. The number of benzene rings is 1. The van der Waals surface area contributed by atoms with Gasteiger partial charge in [0.2, 0.25) is 0 Å². The fourth-order valence-corrected chi connectivity index (χ4v) is 2.23. The molecule has 6 heteroatoms. The number of hydrogen-bond acceptors (Lipinski definition) is 4. The third-order valence-corrected chi connectivity index (χ3v) is 3.38. The summed E-state index contributed by atoms with van der Waals surface area (Å²) >= 11 is 6.25. The Morgan fingerprint density at radius 3 is 2.71 bits per heavy atom. The van der Waals surface area contributed by atoms with Crippen molar-refractivity contribution in [2.75, 3.05) is 13.7 Å². The first-order chi connectivity index (χ1) is 11.4. The Morgan fingerprint density at radius 2 is 2.17 bits per heavy atom. The van der Waals surface area contributed by atoms with Gasteiger partial charge in [0, 0.05) is 6.54 Å². The van der Waals surface area contributed by atoms with E-state index in [9.17, 15) is 10.1 Å². The summed E-state index contributed by atoms with van der Waals surface area (Å²) < 4.78 is 10.9. The van der Waals surface area contributed by atoms with Gasteiger partial charge in [-0.2, -0.15) is 5.26 Å². The van der Waals surface area contributed by atoms with Crippen LogP contribution >= 0.6 is 11.6 Å². The van der Waals surface area contributed by atoms with Gasteiger partial charge < -0.3 is 14.8 Å². The number of amides is 1. The molecule has 5 nitrogen and oxygen atoms in total. The Bertz CT molecular complexity index is 648. The molecule has 0 aliphatic carbocycles. The van der Waals surface area contributed by atoms with Crippen LogP contribution in [0.25, 0.3) is 6.08 Å². The van der Waals surface area contributed by atoms with Gasteiger partial charge in [-0.25, -0.2) is 0 Å². The number of methoxy groups -OCH3 is 1. The highest BCUT2D eigenvalue weighted by Crippen LogP contribution is 2.37. The van der Waals surface area contributed by atoms with Gasteiger partial charge >= 0.3 is 0 Å². The Labute approximate surface area is 148 Å². The molecule has 1 N–H and O–H groups in total. The van der Waals surface area contributed by atoms with Crippen molar-refractivity contribution >= 4 is 23.6 Å². The topological polar surface area (TPSA) is 71.4 Å². The van der Waals surface area contributed by atoms with E-state index in [0.29, 0.717) is 28.6 Å². The number of hydrogen-bond donors (Lipinski definition) is 1. The molecule has 0 heterocycles. The lowest BCUT2D eigenvalue weighted by atomic mass is 10.1. The van der Waals surface area contributed by atoms with Gasteiger partial charge in [-0.15, -0.1) is 0 Å². The average Bonchev–Trinajstić information content (AvgIpc) is 2.54. The van der Waals surface area contributed by atoms with E-state index in [0.717, 1.165) is 12.8 Å². The van der Waals surface area contributed by atoms with E-state index in [4.69, 9.17) is 21.1 Å². The van der Waals surface area contributed by atoms with Crippen LogP contribution < -0.4 is 14.8 Å². The molecular formula is C18H23ClN2O3. The summed E-state index contributed by atoms with van der Waals surface area (Å²) in [5, 5.41) is 12.3. The van der Waals surface area contributed by atoms with Crippen molar-refractivity contribution in [3.05, 3.63) is 28.3 Å². The maximum absolute atomic E-state index is 12.0. The summed E-state index contributed by atoms with van der Waals surface area (Å²) in [4.78, 5) is 12.0. The third-order valence-electron chi connectivity index (χ3n) is 3.10. The Balaban J connectivity index is 3.10. The number of nitrogens with one attached hydrogen (secondary N) is 1. The molecule has 24 heavy (non-hydrogen) atoms. The Kier molecular flexibility index (Phi) is 8.14. The van der Waals surface area contributed by atoms with Crippen LogP contribution in [-0.2, 0) is 4.79 Å². The van der Waals surface area contributed by atoms with E-state index < -0.39 is 5.91 Å². The lowest BCUT2D eigenvalue weighted by molar-refractivity contribution is -0.117. The zero-order chi connectivity index (χ0) is 18.1. The number of carbonyl (C=O) groups excluding carboxylic acids is 1. The highest BCUT2D eigenvalue weighted by atomic mass is 35.5. The minimum atomic E-state index is -0.399. The minimum absolute atomic E-state index is 0.0155. The van der Waals surface area contributed by atoms with E-state index in [1.54, 1.807) is 12.1 Å². The molecule has 0 unspecified atom stereocenters. The van der Waals surface area contributed by atoms with E-state index in [1.807, 2.05) is 26.8 Å². The molecule has 1 amide bonds. The van der Waals surface area contributed by atoms with Crippen LogP contribution in [-0.4, -0.2) is 25.7 Å². The molecule has 0 bridgehead atoms. The fraction of sp³-hybridized carbons (Fsp3) is 0.444. The molecule has 1 aromatic carbocycles. The SMILES string of the molecule is CCCCNC(=O)/C(C#N)=C/c1cc(Cl)c(OC(C)C)c(OC)c1. The van der Waals surface area contributed by atoms with Gasteiger partial charge in [0.1, 0.15) is 11.6 Å². The number of halogens is 1. The summed E-state index contributed by atoms with van der Waals surface area (Å²) in [6.07, 6.45) is 3.26. The number of nitriles is 1. The van der Waals surface area contributed by atoms with Crippen LogP contribution in [0.3, 0.4) is 0 Å². The monoisotopic (exact) mass is 350 g/mol. The summed E-state index contributed by atoms with van der Waals surface area (Å²) in [5.41, 5.74) is 0.608. The number of nitrogens with zero attached hydrogens (tertiary/aromatic N) is 1. The van der Waals surface area contributed by atoms with Gasteiger partial charge in [-0.1, -0.05) is 24.9 Å². The van der Waals surface area contributed by atoms with Crippen molar-refractivity contribution in [1.29, 1.82) is 5.26 Å². The van der Waals surface area contributed by atoms with Gasteiger partial charge in [-0.3, -0.25) is 4.79 Å². The van der Waals surface area contributed by atoms with Crippen LogP contribution in [0.4, 0.5) is 0 Å².